The van der Waals surface area contributed by atoms with E-state index in [1.807, 2.05) is 38.1 Å². The van der Waals surface area contributed by atoms with Gasteiger partial charge in [0.25, 0.3) is 0 Å². The number of hydrogen-bond donors (Lipinski definition) is 1. The molecule has 2 rings (SSSR count). The number of rotatable bonds is 4. The molecule has 0 atom stereocenters. The molecule has 0 amide bonds. The van der Waals surface area contributed by atoms with Crippen LogP contribution in [0.25, 0.3) is 0 Å². The molecular weight excluding hydrogens is 262 g/mol. The Hall–Kier alpha value is -1.81. The summed E-state index contributed by atoms with van der Waals surface area (Å²) in [6, 6.07) is 7.56. The van der Waals surface area contributed by atoms with Crippen molar-refractivity contribution in [3.05, 3.63) is 46.2 Å². The van der Waals surface area contributed by atoms with Gasteiger partial charge in [-0.2, -0.15) is 4.98 Å². The largest absolute Gasteiger partial charge is 0.472 e. The van der Waals surface area contributed by atoms with Crippen LogP contribution in [0.2, 0.25) is 5.02 Å². The van der Waals surface area contributed by atoms with Gasteiger partial charge in [0.2, 0.25) is 5.88 Å². The molecule has 0 aliphatic carbocycles. The van der Waals surface area contributed by atoms with Gasteiger partial charge in [0.05, 0.1) is 5.56 Å². The summed E-state index contributed by atoms with van der Waals surface area (Å²) in [6.45, 7) is 4.18. The molecular formula is C14H16ClN3O. The number of benzene rings is 1. The van der Waals surface area contributed by atoms with Crippen molar-refractivity contribution in [1.29, 1.82) is 0 Å². The van der Waals surface area contributed by atoms with Crippen molar-refractivity contribution < 1.29 is 4.74 Å². The summed E-state index contributed by atoms with van der Waals surface area (Å²) in [7, 11) is 0. The van der Waals surface area contributed by atoms with Crippen LogP contribution in [0.15, 0.2) is 24.3 Å². The van der Waals surface area contributed by atoms with Crippen LogP contribution in [-0.4, -0.2) is 9.97 Å². The van der Waals surface area contributed by atoms with Crippen LogP contribution in [0.5, 0.6) is 5.88 Å². The van der Waals surface area contributed by atoms with Crippen LogP contribution in [0.4, 0.5) is 5.82 Å². The number of aryl methyl sites for hydroxylation is 1. The van der Waals surface area contributed by atoms with Crippen molar-refractivity contribution in [3.63, 3.8) is 0 Å². The third-order valence-electron chi connectivity index (χ3n) is 2.82. The molecule has 2 N–H and O–H groups in total. The highest BCUT2D eigenvalue weighted by Crippen LogP contribution is 2.22. The zero-order valence-corrected chi connectivity index (χ0v) is 11.7. The first kappa shape index (κ1) is 13.6. The van der Waals surface area contributed by atoms with Crippen LogP contribution >= 0.6 is 11.6 Å². The highest BCUT2D eigenvalue weighted by molar-refractivity contribution is 6.31. The van der Waals surface area contributed by atoms with E-state index in [1.54, 1.807) is 0 Å². The van der Waals surface area contributed by atoms with Gasteiger partial charge in [0.1, 0.15) is 18.2 Å². The number of nitrogen functional groups attached to an aromatic ring is 1. The second kappa shape index (κ2) is 5.89. The number of halogens is 1. The third-order valence-corrected chi connectivity index (χ3v) is 3.19. The Bertz CT molecular complexity index is 587. The first-order valence-corrected chi connectivity index (χ1v) is 6.48. The Balaban J connectivity index is 2.20. The van der Waals surface area contributed by atoms with E-state index in [0.29, 0.717) is 35.6 Å². The van der Waals surface area contributed by atoms with Gasteiger partial charge in [-0.3, -0.25) is 0 Å². The van der Waals surface area contributed by atoms with Crippen molar-refractivity contribution in [2.24, 2.45) is 0 Å². The molecule has 2 aromatic rings. The molecule has 1 heterocycles. The highest BCUT2D eigenvalue weighted by Gasteiger charge is 2.10. The lowest BCUT2D eigenvalue weighted by molar-refractivity contribution is 0.290. The molecule has 0 fully saturated rings. The Labute approximate surface area is 117 Å². The first-order chi connectivity index (χ1) is 9.11. The molecule has 0 aliphatic heterocycles. The van der Waals surface area contributed by atoms with Crippen LogP contribution in [-0.2, 0) is 13.0 Å². The standard InChI is InChI=1S/C14H16ClN3O/c1-3-12-17-13(16)9(2)14(18-12)19-8-10-6-4-5-7-11(10)15/h4-7H,3,8H2,1-2H3,(H2,16,17,18). The summed E-state index contributed by atoms with van der Waals surface area (Å²) < 4.78 is 5.71. The smallest absolute Gasteiger partial charge is 0.222 e. The summed E-state index contributed by atoms with van der Waals surface area (Å²) in [6.07, 6.45) is 0.715. The molecule has 0 saturated heterocycles. The Morgan fingerprint density at radius 2 is 2.00 bits per heavy atom. The van der Waals surface area contributed by atoms with E-state index in [1.165, 1.54) is 0 Å². The predicted molar refractivity (Wildman–Crippen MR) is 76.3 cm³/mol. The Morgan fingerprint density at radius 3 is 2.68 bits per heavy atom. The van der Waals surface area contributed by atoms with Crippen molar-refractivity contribution in [2.75, 3.05) is 5.73 Å². The van der Waals surface area contributed by atoms with Crippen molar-refractivity contribution in [3.8, 4) is 5.88 Å². The van der Waals surface area contributed by atoms with Crippen molar-refractivity contribution in [1.82, 2.24) is 9.97 Å². The Kier molecular flexibility index (Phi) is 4.22. The van der Waals surface area contributed by atoms with Gasteiger partial charge < -0.3 is 10.5 Å². The van der Waals surface area contributed by atoms with Crippen molar-refractivity contribution >= 4 is 17.4 Å². The zero-order valence-electron chi connectivity index (χ0n) is 11.0. The second-order valence-electron chi connectivity index (χ2n) is 4.19. The fourth-order valence-electron chi connectivity index (χ4n) is 1.62. The van der Waals surface area contributed by atoms with Gasteiger partial charge in [0, 0.05) is 17.0 Å². The summed E-state index contributed by atoms with van der Waals surface area (Å²) in [5.41, 5.74) is 7.51. The normalized spacial score (nSPS) is 10.5. The average molecular weight is 278 g/mol. The number of hydrogen-bond acceptors (Lipinski definition) is 4. The lowest BCUT2D eigenvalue weighted by Gasteiger charge is -2.11. The summed E-state index contributed by atoms with van der Waals surface area (Å²) in [4.78, 5) is 8.52. The topological polar surface area (TPSA) is 61.0 Å². The van der Waals surface area contributed by atoms with E-state index in [-0.39, 0.29) is 0 Å². The third kappa shape index (κ3) is 3.15. The van der Waals surface area contributed by atoms with E-state index in [4.69, 9.17) is 22.1 Å². The molecule has 100 valence electrons. The quantitative estimate of drug-likeness (QED) is 0.932. The lowest BCUT2D eigenvalue weighted by atomic mass is 10.2. The van der Waals surface area contributed by atoms with E-state index in [2.05, 4.69) is 9.97 Å². The maximum Gasteiger partial charge on any atom is 0.222 e. The zero-order chi connectivity index (χ0) is 13.8. The molecule has 1 aromatic heterocycles. The summed E-state index contributed by atoms with van der Waals surface area (Å²) in [5, 5.41) is 0.679. The summed E-state index contributed by atoms with van der Waals surface area (Å²) in [5.74, 6) is 1.66. The lowest BCUT2D eigenvalue weighted by Crippen LogP contribution is -2.07. The molecule has 0 bridgehead atoms. The average Bonchev–Trinajstić information content (AvgIpc) is 2.42. The fourth-order valence-corrected chi connectivity index (χ4v) is 1.81. The molecule has 0 radical (unpaired) electrons. The molecule has 0 spiro atoms. The van der Waals surface area contributed by atoms with Crippen LogP contribution in [0, 0.1) is 6.92 Å². The number of nitrogens with zero attached hydrogens (tertiary/aromatic N) is 2. The molecule has 5 heteroatoms. The molecule has 0 unspecified atom stereocenters. The Morgan fingerprint density at radius 1 is 1.26 bits per heavy atom. The van der Waals surface area contributed by atoms with Crippen LogP contribution < -0.4 is 10.5 Å². The minimum absolute atomic E-state index is 0.361. The van der Waals surface area contributed by atoms with Crippen LogP contribution in [0.3, 0.4) is 0 Å². The van der Waals surface area contributed by atoms with Gasteiger partial charge in [0.15, 0.2) is 0 Å². The van der Waals surface area contributed by atoms with Gasteiger partial charge >= 0.3 is 0 Å². The first-order valence-electron chi connectivity index (χ1n) is 6.11. The van der Waals surface area contributed by atoms with E-state index < -0.39 is 0 Å². The number of ether oxygens (including phenoxy) is 1. The highest BCUT2D eigenvalue weighted by atomic mass is 35.5. The number of anilines is 1. The minimum Gasteiger partial charge on any atom is -0.472 e. The van der Waals surface area contributed by atoms with Gasteiger partial charge in [-0.05, 0) is 13.0 Å². The van der Waals surface area contributed by atoms with Crippen molar-refractivity contribution in [2.45, 2.75) is 26.9 Å². The van der Waals surface area contributed by atoms with Gasteiger partial charge in [-0.25, -0.2) is 4.98 Å². The summed E-state index contributed by atoms with van der Waals surface area (Å²) >= 11 is 6.08. The second-order valence-corrected chi connectivity index (χ2v) is 4.60. The SMILES string of the molecule is CCc1nc(N)c(C)c(OCc2ccccc2Cl)n1. The van der Waals surface area contributed by atoms with E-state index >= 15 is 0 Å². The van der Waals surface area contributed by atoms with Gasteiger partial charge in [-0.15, -0.1) is 0 Å². The minimum atomic E-state index is 0.361. The number of aromatic nitrogens is 2. The molecule has 0 saturated carbocycles. The molecule has 0 aliphatic rings. The monoisotopic (exact) mass is 277 g/mol. The maximum absolute atomic E-state index is 6.08. The van der Waals surface area contributed by atoms with Gasteiger partial charge in [-0.1, -0.05) is 36.7 Å². The van der Waals surface area contributed by atoms with E-state index in [0.717, 1.165) is 11.1 Å². The van der Waals surface area contributed by atoms with Crippen LogP contribution in [0.1, 0.15) is 23.9 Å². The van der Waals surface area contributed by atoms with E-state index in [9.17, 15) is 0 Å². The molecule has 19 heavy (non-hydrogen) atoms. The predicted octanol–water partition coefficient (Wildman–Crippen LogP) is 3.16. The number of nitrogens with two attached hydrogens (primary N) is 1. The fraction of sp³-hybridized carbons (Fsp3) is 0.286. The molecule has 4 nitrogen and oxygen atoms in total. The maximum atomic E-state index is 6.08. The molecule has 1 aromatic carbocycles.